The average molecular weight is 317 g/mol. The van der Waals surface area contributed by atoms with Gasteiger partial charge in [-0.15, -0.1) is 0 Å². The zero-order valence-electron chi connectivity index (χ0n) is 14.4. The lowest BCUT2D eigenvalue weighted by Gasteiger charge is -2.33. The van der Waals surface area contributed by atoms with Gasteiger partial charge in [0.05, 0.1) is 25.3 Å². The number of nitrogens with one attached hydrogen (secondary N) is 1. The van der Waals surface area contributed by atoms with Gasteiger partial charge in [0.15, 0.2) is 0 Å². The third kappa shape index (κ3) is 4.97. The van der Waals surface area contributed by atoms with E-state index in [0.29, 0.717) is 0 Å². The first kappa shape index (κ1) is 19.0. The highest BCUT2D eigenvalue weighted by Gasteiger charge is 2.31. The number of hydrogen-bond donors (Lipinski definition) is 2. The van der Waals surface area contributed by atoms with Crippen molar-refractivity contribution in [3.05, 3.63) is 30.3 Å². The maximum atomic E-state index is 12.5. The van der Waals surface area contributed by atoms with Gasteiger partial charge in [-0.1, -0.05) is 39.0 Å². The lowest BCUT2D eigenvalue weighted by molar-refractivity contribution is -0.121. The molecule has 1 rings (SSSR count). The Hall–Kier alpha value is -2.06. The second kappa shape index (κ2) is 8.54. The topological polar surface area (TPSA) is 76.4 Å². The fourth-order valence-corrected chi connectivity index (χ4v) is 2.28. The van der Waals surface area contributed by atoms with Crippen LogP contribution in [0.4, 0.5) is 5.69 Å². The molecule has 2 atom stereocenters. The summed E-state index contributed by atoms with van der Waals surface area (Å²) in [6.07, 6.45) is 0.721. The van der Waals surface area contributed by atoms with Crippen LogP contribution in [-0.2, 0) is 4.79 Å². The van der Waals surface area contributed by atoms with E-state index >= 15 is 0 Å². The number of rotatable bonds is 8. The summed E-state index contributed by atoms with van der Waals surface area (Å²) in [6, 6.07) is 11.6. The molecule has 1 aromatic rings. The van der Waals surface area contributed by atoms with Gasteiger partial charge in [-0.2, -0.15) is 5.26 Å². The van der Waals surface area contributed by atoms with E-state index < -0.39 is 5.54 Å². The molecule has 0 aromatic heterocycles. The Morgan fingerprint density at radius 1 is 1.39 bits per heavy atom. The van der Waals surface area contributed by atoms with Crippen LogP contribution in [0.25, 0.3) is 0 Å². The van der Waals surface area contributed by atoms with Crippen molar-refractivity contribution in [1.29, 1.82) is 5.26 Å². The maximum Gasteiger partial charge on any atom is 0.240 e. The molecule has 0 bridgehead atoms. The van der Waals surface area contributed by atoms with Crippen LogP contribution in [0.15, 0.2) is 30.3 Å². The van der Waals surface area contributed by atoms with Crippen molar-refractivity contribution in [1.82, 2.24) is 5.32 Å². The number of amides is 1. The van der Waals surface area contributed by atoms with Crippen molar-refractivity contribution in [3.63, 3.8) is 0 Å². The monoisotopic (exact) mass is 317 g/mol. The zero-order valence-corrected chi connectivity index (χ0v) is 14.4. The molecule has 0 aliphatic heterocycles. The van der Waals surface area contributed by atoms with Gasteiger partial charge >= 0.3 is 0 Å². The molecule has 0 saturated heterocycles. The summed E-state index contributed by atoms with van der Waals surface area (Å²) < 4.78 is 0. The first-order valence-electron chi connectivity index (χ1n) is 8.02. The number of nitrogens with zero attached hydrogens (tertiary/aromatic N) is 2. The van der Waals surface area contributed by atoms with Crippen molar-refractivity contribution in [2.45, 2.75) is 45.7 Å². The molecule has 0 spiro atoms. The minimum absolute atomic E-state index is 0.00133. The normalized spacial score (nSPS) is 14.7. The summed E-state index contributed by atoms with van der Waals surface area (Å²) >= 11 is 0. The minimum Gasteiger partial charge on any atom is -0.394 e. The van der Waals surface area contributed by atoms with Gasteiger partial charge in [-0.05, 0) is 31.4 Å². The van der Waals surface area contributed by atoms with Gasteiger partial charge < -0.3 is 15.3 Å². The summed E-state index contributed by atoms with van der Waals surface area (Å²) in [6.45, 7) is 7.58. The molecule has 5 heteroatoms. The van der Waals surface area contributed by atoms with E-state index in [9.17, 15) is 15.2 Å². The van der Waals surface area contributed by atoms with Crippen molar-refractivity contribution >= 4 is 11.6 Å². The second-order valence-corrected chi connectivity index (χ2v) is 6.23. The number of aliphatic hydroxyl groups is 1. The molecular formula is C18H27N3O2. The van der Waals surface area contributed by atoms with E-state index in [4.69, 9.17) is 0 Å². The van der Waals surface area contributed by atoms with Crippen LogP contribution >= 0.6 is 0 Å². The van der Waals surface area contributed by atoms with E-state index in [1.807, 2.05) is 56.0 Å². The number of para-hydroxylation sites is 1. The lowest BCUT2D eigenvalue weighted by atomic mass is 9.90. The standard InChI is InChI=1S/C18H27N3O2/c1-5-15(12-22)21(16-9-7-6-8-10-16)11-17(23)20-18(4,13-19)14(2)3/h6-10,14-15,22H,5,11-12H2,1-4H3,(H,20,23). The Kier molecular flexibility index (Phi) is 7.05. The molecule has 0 saturated carbocycles. The molecule has 0 aliphatic rings. The first-order chi connectivity index (χ1) is 10.9. The van der Waals surface area contributed by atoms with Gasteiger partial charge in [0, 0.05) is 5.69 Å². The molecule has 0 aliphatic carbocycles. The van der Waals surface area contributed by atoms with Crippen LogP contribution in [0, 0.1) is 17.2 Å². The number of benzene rings is 1. The third-order valence-electron chi connectivity index (χ3n) is 4.31. The third-order valence-corrected chi connectivity index (χ3v) is 4.31. The molecule has 0 fully saturated rings. The Bertz CT molecular complexity index is 535. The maximum absolute atomic E-state index is 12.5. The Morgan fingerprint density at radius 2 is 2.00 bits per heavy atom. The van der Waals surface area contributed by atoms with Crippen LogP contribution in [0.3, 0.4) is 0 Å². The Balaban J connectivity index is 2.94. The van der Waals surface area contributed by atoms with E-state index in [-0.39, 0.29) is 31.0 Å². The molecule has 23 heavy (non-hydrogen) atoms. The fraction of sp³-hybridized carbons (Fsp3) is 0.556. The zero-order chi connectivity index (χ0) is 17.5. The van der Waals surface area contributed by atoms with Crippen molar-refractivity contribution in [2.75, 3.05) is 18.1 Å². The summed E-state index contributed by atoms with van der Waals surface area (Å²) in [5.41, 5.74) is -0.0212. The van der Waals surface area contributed by atoms with E-state index in [1.54, 1.807) is 6.92 Å². The van der Waals surface area contributed by atoms with Crippen molar-refractivity contribution < 1.29 is 9.90 Å². The molecular weight excluding hydrogens is 290 g/mol. The molecule has 2 unspecified atom stereocenters. The fourth-order valence-electron chi connectivity index (χ4n) is 2.28. The highest BCUT2D eigenvalue weighted by atomic mass is 16.3. The van der Waals surface area contributed by atoms with Gasteiger partial charge in [-0.3, -0.25) is 4.79 Å². The Morgan fingerprint density at radius 3 is 2.43 bits per heavy atom. The van der Waals surface area contributed by atoms with Crippen molar-refractivity contribution in [2.24, 2.45) is 5.92 Å². The van der Waals surface area contributed by atoms with Gasteiger partial charge in [0.2, 0.25) is 5.91 Å². The number of aliphatic hydroxyl groups excluding tert-OH is 1. The number of nitriles is 1. The molecule has 5 nitrogen and oxygen atoms in total. The van der Waals surface area contributed by atoms with Crippen molar-refractivity contribution in [3.8, 4) is 6.07 Å². The molecule has 1 amide bonds. The summed E-state index contributed by atoms with van der Waals surface area (Å²) in [7, 11) is 0. The van der Waals surface area contributed by atoms with E-state index in [0.717, 1.165) is 12.1 Å². The smallest absolute Gasteiger partial charge is 0.240 e. The first-order valence-corrected chi connectivity index (χ1v) is 8.02. The molecule has 2 N–H and O–H groups in total. The number of carbonyl (C=O) groups excluding carboxylic acids is 1. The van der Waals surface area contributed by atoms with Gasteiger partial charge in [-0.25, -0.2) is 0 Å². The highest BCUT2D eigenvalue weighted by Crippen LogP contribution is 2.19. The van der Waals surface area contributed by atoms with Gasteiger partial charge in [0.1, 0.15) is 5.54 Å². The van der Waals surface area contributed by atoms with Crippen LogP contribution in [0.2, 0.25) is 0 Å². The SMILES string of the molecule is CCC(CO)N(CC(=O)NC(C)(C#N)C(C)C)c1ccccc1. The number of carbonyl (C=O) groups is 1. The summed E-state index contributed by atoms with van der Waals surface area (Å²) in [4.78, 5) is 14.3. The predicted molar refractivity (Wildman–Crippen MR) is 92.0 cm³/mol. The lowest BCUT2D eigenvalue weighted by Crippen LogP contribution is -2.53. The predicted octanol–water partition coefficient (Wildman–Crippen LogP) is 2.32. The van der Waals surface area contributed by atoms with Crippen LogP contribution < -0.4 is 10.2 Å². The highest BCUT2D eigenvalue weighted by molar-refractivity contribution is 5.82. The number of hydrogen-bond acceptors (Lipinski definition) is 4. The van der Waals surface area contributed by atoms with Crippen LogP contribution in [-0.4, -0.2) is 35.7 Å². The minimum atomic E-state index is -0.902. The average Bonchev–Trinajstić information content (AvgIpc) is 2.55. The molecule has 126 valence electrons. The molecule has 0 heterocycles. The second-order valence-electron chi connectivity index (χ2n) is 6.23. The van der Waals surface area contributed by atoms with Crippen LogP contribution in [0.1, 0.15) is 34.1 Å². The largest absolute Gasteiger partial charge is 0.394 e. The number of anilines is 1. The van der Waals surface area contributed by atoms with E-state index in [1.165, 1.54) is 0 Å². The summed E-state index contributed by atoms with van der Waals surface area (Å²) in [5.74, 6) is -0.222. The molecule has 1 aromatic carbocycles. The quantitative estimate of drug-likeness (QED) is 0.771. The summed E-state index contributed by atoms with van der Waals surface area (Å²) in [5, 5.41) is 21.8. The van der Waals surface area contributed by atoms with Crippen LogP contribution in [0.5, 0.6) is 0 Å². The van der Waals surface area contributed by atoms with Gasteiger partial charge in [0.25, 0.3) is 0 Å². The van der Waals surface area contributed by atoms with E-state index in [2.05, 4.69) is 11.4 Å². The Labute approximate surface area is 138 Å². The molecule has 0 radical (unpaired) electrons.